The second-order valence-electron chi connectivity index (χ2n) is 4.41. The summed E-state index contributed by atoms with van der Waals surface area (Å²) in [5, 5.41) is 0. The Morgan fingerprint density at radius 2 is 2.16 bits per heavy atom. The van der Waals surface area contributed by atoms with E-state index in [9.17, 15) is 18.0 Å². The van der Waals surface area contributed by atoms with Crippen LogP contribution >= 0.6 is 23.2 Å². The van der Waals surface area contributed by atoms with Crippen molar-refractivity contribution in [2.75, 3.05) is 6.54 Å². The predicted molar refractivity (Wildman–Crippen MR) is 62.7 cm³/mol. The Bertz CT molecular complexity index is 459. The zero-order chi connectivity index (χ0) is 14.3. The Hall–Kier alpha value is -0.880. The molecule has 0 bridgehead atoms. The zero-order valence-corrected chi connectivity index (χ0v) is 11.1. The van der Waals surface area contributed by atoms with E-state index in [4.69, 9.17) is 27.6 Å². The molecule has 0 radical (unpaired) electrons. The fourth-order valence-corrected chi connectivity index (χ4v) is 2.22. The molecular weight excluding hydrogens is 306 g/mol. The maximum atomic E-state index is 12.5. The Labute approximate surface area is 117 Å². The molecule has 0 spiro atoms. The van der Waals surface area contributed by atoms with Crippen LogP contribution in [0.15, 0.2) is 22.8 Å². The minimum Gasteiger partial charge on any atom is -0.467 e. The quantitative estimate of drug-likeness (QED) is 0.798. The summed E-state index contributed by atoms with van der Waals surface area (Å²) in [5.41, 5.74) is 0. The molecule has 0 saturated heterocycles. The van der Waals surface area contributed by atoms with Crippen molar-refractivity contribution >= 4 is 29.1 Å². The molecule has 19 heavy (non-hydrogen) atoms. The van der Waals surface area contributed by atoms with E-state index < -0.39 is 28.9 Å². The second-order valence-corrected chi connectivity index (χ2v) is 5.95. The zero-order valence-electron chi connectivity index (χ0n) is 9.58. The highest BCUT2D eigenvalue weighted by molar-refractivity contribution is 6.52. The molecule has 0 aromatic carbocycles. The minimum absolute atomic E-state index is 0.168. The Morgan fingerprint density at radius 3 is 2.58 bits per heavy atom. The van der Waals surface area contributed by atoms with E-state index in [1.807, 2.05) is 0 Å². The SMILES string of the molecule is O=C(C1CC1(Cl)Cl)N(Cc1ccco1)CC(F)(F)F. The van der Waals surface area contributed by atoms with Crippen LogP contribution in [-0.2, 0) is 11.3 Å². The van der Waals surface area contributed by atoms with Gasteiger partial charge in [-0.1, -0.05) is 0 Å². The van der Waals surface area contributed by atoms with E-state index in [1.54, 1.807) is 0 Å². The summed E-state index contributed by atoms with van der Waals surface area (Å²) < 4.78 is 41.1. The number of amides is 1. The summed E-state index contributed by atoms with van der Waals surface area (Å²) in [6, 6.07) is 3.04. The van der Waals surface area contributed by atoms with Gasteiger partial charge in [0, 0.05) is 0 Å². The van der Waals surface area contributed by atoms with Crippen LogP contribution in [0, 0.1) is 5.92 Å². The highest BCUT2D eigenvalue weighted by atomic mass is 35.5. The Morgan fingerprint density at radius 1 is 1.53 bits per heavy atom. The lowest BCUT2D eigenvalue weighted by Crippen LogP contribution is -2.40. The molecule has 3 nitrogen and oxygen atoms in total. The third-order valence-electron chi connectivity index (χ3n) is 2.73. The summed E-state index contributed by atoms with van der Waals surface area (Å²) in [5.74, 6) is -1.22. The Balaban J connectivity index is 2.08. The first-order chi connectivity index (χ1) is 8.69. The maximum absolute atomic E-state index is 12.5. The van der Waals surface area contributed by atoms with Crippen molar-refractivity contribution in [3.05, 3.63) is 24.2 Å². The number of nitrogens with zero attached hydrogens (tertiary/aromatic N) is 1. The lowest BCUT2D eigenvalue weighted by Gasteiger charge is -2.23. The normalized spacial score (nSPS) is 21.2. The van der Waals surface area contributed by atoms with Crippen LogP contribution in [0.25, 0.3) is 0 Å². The molecule has 8 heteroatoms. The predicted octanol–water partition coefficient (Wildman–Crippen LogP) is 3.36. The number of carbonyl (C=O) groups is 1. The first-order valence-electron chi connectivity index (χ1n) is 5.45. The molecule has 0 aliphatic heterocycles. The molecule has 1 aliphatic rings. The lowest BCUT2D eigenvalue weighted by atomic mass is 10.3. The van der Waals surface area contributed by atoms with Crippen LogP contribution < -0.4 is 0 Å². The largest absolute Gasteiger partial charge is 0.467 e. The van der Waals surface area contributed by atoms with E-state index in [0.29, 0.717) is 4.90 Å². The number of furan rings is 1. The van der Waals surface area contributed by atoms with Crippen molar-refractivity contribution < 1.29 is 22.4 Å². The molecule has 1 amide bonds. The number of hydrogen-bond acceptors (Lipinski definition) is 2. The average Bonchev–Trinajstić information content (AvgIpc) is 2.71. The second kappa shape index (κ2) is 4.90. The summed E-state index contributed by atoms with van der Waals surface area (Å²) in [6.07, 6.45) is -2.99. The summed E-state index contributed by atoms with van der Waals surface area (Å²) in [7, 11) is 0. The first-order valence-corrected chi connectivity index (χ1v) is 6.20. The molecule has 2 rings (SSSR count). The van der Waals surface area contributed by atoms with E-state index >= 15 is 0 Å². The van der Waals surface area contributed by atoms with Gasteiger partial charge in [0.1, 0.15) is 16.6 Å². The van der Waals surface area contributed by atoms with Crippen LogP contribution in [0.3, 0.4) is 0 Å². The smallest absolute Gasteiger partial charge is 0.406 e. The standard InChI is InChI=1S/C11H10Cl2F3NO2/c12-10(13)4-8(10)9(18)17(6-11(14,15)16)5-7-2-1-3-19-7/h1-3,8H,4-6H2. The van der Waals surface area contributed by atoms with Gasteiger partial charge in [-0.3, -0.25) is 4.79 Å². The average molecular weight is 316 g/mol. The van der Waals surface area contributed by atoms with Crippen LogP contribution in [-0.4, -0.2) is 27.9 Å². The third-order valence-corrected chi connectivity index (χ3v) is 3.57. The molecule has 1 aliphatic carbocycles. The monoisotopic (exact) mass is 315 g/mol. The van der Waals surface area contributed by atoms with E-state index in [2.05, 4.69) is 0 Å². The van der Waals surface area contributed by atoms with Crippen LogP contribution in [0.5, 0.6) is 0 Å². The highest BCUT2D eigenvalue weighted by Gasteiger charge is 2.58. The van der Waals surface area contributed by atoms with Crippen molar-refractivity contribution in [3.63, 3.8) is 0 Å². The van der Waals surface area contributed by atoms with Gasteiger partial charge >= 0.3 is 6.18 Å². The fourth-order valence-electron chi connectivity index (χ4n) is 1.72. The van der Waals surface area contributed by atoms with Crippen LogP contribution in [0.1, 0.15) is 12.2 Å². The van der Waals surface area contributed by atoms with Gasteiger partial charge in [-0.15, -0.1) is 23.2 Å². The molecule has 1 aromatic heterocycles. The van der Waals surface area contributed by atoms with Gasteiger partial charge < -0.3 is 9.32 Å². The van der Waals surface area contributed by atoms with Gasteiger partial charge in [-0.25, -0.2) is 0 Å². The van der Waals surface area contributed by atoms with Crippen molar-refractivity contribution in [1.82, 2.24) is 4.90 Å². The summed E-state index contributed by atoms with van der Waals surface area (Å²) >= 11 is 11.4. The molecule has 1 heterocycles. The molecule has 1 saturated carbocycles. The molecule has 106 valence electrons. The van der Waals surface area contributed by atoms with Gasteiger partial charge in [0.05, 0.1) is 18.7 Å². The van der Waals surface area contributed by atoms with Crippen molar-refractivity contribution in [2.45, 2.75) is 23.5 Å². The van der Waals surface area contributed by atoms with Crippen molar-refractivity contribution in [1.29, 1.82) is 0 Å². The molecule has 1 unspecified atom stereocenters. The van der Waals surface area contributed by atoms with Crippen LogP contribution in [0.2, 0.25) is 0 Å². The lowest BCUT2D eigenvalue weighted by molar-refractivity contribution is -0.163. The number of hydrogen-bond donors (Lipinski definition) is 0. The molecule has 1 fully saturated rings. The number of carbonyl (C=O) groups excluding carboxylic acids is 1. The molecular formula is C11H10Cl2F3NO2. The third kappa shape index (κ3) is 3.79. The van der Waals surface area contributed by atoms with Crippen molar-refractivity contribution in [3.8, 4) is 0 Å². The van der Waals surface area contributed by atoms with Crippen LogP contribution in [0.4, 0.5) is 13.2 Å². The summed E-state index contributed by atoms with van der Waals surface area (Å²) in [6.45, 7) is -1.61. The molecule has 1 aromatic rings. The molecule has 0 N–H and O–H groups in total. The van der Waals surface area contributed by atoms with Gasteiger partial charge in [-0.2, -0.15) is 13.2 Å². The van der Waals surface area contributed by atoms with Crippen molar-refractivity contribution in [2.24, 2.45) is 5.92 Å². The van der Waals surface area contributed by atoms with Gasteiger partial charge in [-0.05, 0) is 18.6 Å². The number of halogens is 5. The van der Waals surface area contributed by atoms with E-state index in [0.717, 1.165) is 0 Å². The van der Waals surface area contributed by atoms with E-state index in [-0.39, 0.29) is 18.7 Å². The molecule has 1 atom stereocenters. The highest BCUT2D eigenvalue weighted by Crippen LogP contribution is 2.54. The minimum atomic E-state index is -4.49. The maximum Gasteiger partial charge on any atom is 0.406 e. The Kier molecular flexibility index (Phi) is 3.75. The fraction of sp³-hybridized carbons (Fsp3) is 0.545. The van der Waals surface area contributed by atoms with Gasteiger partial charge in [0.25, 0.3) is 0 Å². The first kappa shape index (κ1) is 14.5. The van der Waals surface area contributed by atoms with Gasteiger partial charge in [0.15, 0.2) is 0 Å². The number of rotatable bonds is 4. The number of alkyl halides is 5. The van der Waals surface area contributed by atoms with E-state index in [1.165, 1.54) is 18.4 Å². The van der Waals surface area contributed by atoms with Gasteiger partial charge in [0.2, 0.25) is 5.91 Å². The topological polar surface area (TPSA) is 33.5 Å². The summed E-state index contributed by atoms with van der Waals surface area (Å²) in [4.78, 5) is 12.6.